The first-order valence-corrected chi connectivity index (χ1v) is 6.93. The van der Waals surface area contributed by atoms with Crippen LogP contribution in [0.1, 0.15) is 36.2 Å². The van der Waals surface area contributed by atoms with E-state index in [1.54, 1.807) is 17.0 Å². The van der Waals surface area contributed by atoms with Crippen LogP contribution in [0.25, 0.3) is 0 Å². The minimum Gasteiger partial charge on any atom is -0.337 e. The SMILES string of the molecule is CC(C)CN(CCC#N)C(=O)c1ccc(CCl)cc1. The van der Waals surface area contributed by atoms with Crippen LogP contribution in [0.15, 0.2) is 24.3 Å². The number of hydrogen-bond donors (Lipinski definition) is 0. The van der Waals surface area contributed by atoms with E-state index < -0.39 is 0 Å². The van der Waals surface area contributed by atoms with Gasteiger partial charge < -0.3 is 4.90 Å². The summed E-state index contributed by atoms with van der Waals surface area (Å²) in [5.74, 6) is 0.799. The summed E-state index contributed by atoms with van der Waals surface area (Å²) in [6.07, 6.45) is 0.359. The largest absolute Gasteiger partial charge is 0.337 e. The van der Waals surface area contributed by atoms with Crippen molar-refractivity contribution in [2.75, 3.05) is 13.1 Å². The number of halogens is 1. The zero-order valence-electron chi connectivity index (χ0n) is 11.4. The number of alkyl halides is 1. The van der Waals surface area contributed by atoms with Gasteiger partial charge in [-0.25, -0.2) is 0 Å². The van der Waals surface area contributed by atoms with Gasteiger partial charge >= 0.3 is 0 Å². The van der Waals surface area contributed by atoms with E-state index in [1.807, 2.05) is 12.1 Å². The van der Waals surface area contributed by atoms with Crippen LogP contribution in [-0.4, -0.2) is 23.9 Å². The van der Waals surface area contributed by atoms with Gasteiger partial charge in [0.2, 0.25) is 0 Å². The lowest BCUT2D eigenvalue weighted by Crippen LogP contribution is -2.35. The lowest BCUT2D eigenvalue weighted by molar-refractivity contribution is 0.0740. The fourth-order valence-electron chi connectivity index (χ4n) is 1.82. The maximum Gasteiger partial charge on any atom is 0.253 e. The van der Waals surface area contributed by atoms with Gasteiger partial charge in [0.1, 0.15) is 0 Å². The van der Waals surface area contributed by atoms with Gasteiger partial charge in [0.05, 0.1) is 12.5 Å². The molecule has 0 aliphatic rings. The number of nitrogens with zero attached hydrogens (tertiary/aromatic N) is 2. The van der Waals surface area contributed by atoms with Crippen LogP contribution in [0.5, 0.6) is 0 Å². The topological polar surface area (TPSA) is 44.1 Å². The molecule has 3 nitrogen and oxygen atoms in total. The monoisotopic (exact) mass is 278 g/mol. The first kappa shape index (κ1) is 15.5. The van der Waals surface area contributed by atoms with E-state index in [0.717, 1.165) is 5.56 Å². The van der Waals surface area contributed by atoms with Crippen molar-refractivity contribution in [2.24, 2.45) is 5.92 Å². The lowest BCUT2D eigenvalue weighted by atomic mass is 10.1. The van der Waals surface area contributed by atoms with Crippen molar-refractivity contribution in [3.63, 3.8) is 0 Å². The molecule has 0 heterocycles. The van der Waals surface area contributed by atoms with E-state index in [9.17, 15) is 4.79 Å². The summed E-state index contributed by atoms with van der Waals surface area (Å²) in [5.41, 5.74) is 1.64. The van der Waals surface area contributed by atoms with E-state index in [2.05, 4.69) is 19.9 Å². The molecule has 0 aliphatic carbocycles. The van der Waals surface area contributed by atoms with Gasteiger partial charge in [-0.1, -0.05) is 26.0 Å². The second-order valence-electron chi connectivity index (χ2n) is 4.88. The Morgan fingerprint density at radius 1 is 1.37 bits per heavy atom. The third kappa shape index (κ3) is 4.92. The molecule has 19 heavy (non-hydrogen) atoms. The highest BCUT2D eigenvalue weighted by molar-refractivity contribution is 6.17. The molecule has 0 unspecified atom stereocenters. The highest BCUT2D eigenvalue weighted by atomic mass is 35.5. The normalized spacial score (nSPS) is 10.3. The molecular weight excluding hydrogens is 260 g/mol. The summed E-state index contributed by atoms with van der Waals surface area (Å²) in [6.45, 7) is 5.26. The second-order valence-corrected chi connectivity index (χ2v) is 5.15. The maximum atomic E-state index is 12.4. The number of benzene rings is 1. The Kier molecular flexibility index (Phi) is 6.38. The quantitative estimate of drug-likeness (QED) is 0.748. The molecule has 4 heteroatoms. The van der Waals surface area contributed by atoms with E-state index in [1.165, 1.54) is 0 Å². The summed E-state index contributed by atoms with van der Waals surface area (Å²) < 4.78 is 0. The van der Waals surface area contributed by atoms with Crippen LogP contribution in [0.2, 0.25) is 0 Å². The maximum absolute atomic E-state index is 12.4. The van der Waals surface area contributed by atoms with Crippen LogP contribution < -0.4 is 0 Å². The zero-order chi connectivity index (χ0) is 14.3. The van der Waals surface area contributed by atoms with Crippen LogP contribution in [0, 0.1) is 17.2 Å². The highest BCUT2D eigenvalue weighted by Crippen LogP contribution is 2.11. The highest BCUT2D eigenvalue weighted by Gasteiger charge is 2.16. The van der Waals surface area contributed by atoms with Crippen LogP contribution >= 0.6 is 11.6 Å². The molecular formula is C15H19ClN2O. The Labute approximate surface area is 119 Å². The molecule has 1 aromatic rings. The summed E-state index contributed by atoms with van der Waals surface area (Å²) in [7, 11) is 0. The summed E-state index contributed by atoms with van der Waals surface area (Å²) in [4.78, 5) is 14.1. The number of rotatable bonds is 6. The Hall–Kier alpha value is -1.53. The third-order valence-corrected chi connectivity index (χ3v) is 3.03. The van der Waals surface area contributed by atoms with Crippen molar-refractivity contribution >= 4 is 17.5 Å². The molecule has 0 bridgehead atoms. The van der Waals surface area contributed by atoms with Gasteiger partial charge in [-0.15, -0.1) is 11.6 Å². The second kappa shape index (κ2) is 7.81. The molecule has 0 saturated carbocycles. The van der Waals surface area contributed by atoms with Crippen molar-refractivity contribution in [1.29, 1.82) is 5.26 Å². The molecule has 0 aromatic heterocycles. The molecule has 0 N–H and O–H groups in total. The zero-order valence-corrected chi connectivity index (χ0v) is 12.2. The van der Waals surface area contributed by atoms with Gasteiger partial charge in [0.25, 0.3) is 5.91 Å². The molecule has 0 atom stereocenters. The Morgan fingerprint density at radius 3 is 2.47 bits per heavy atom. The van der Waals surface area contributed by atoms with Gasteiger partial charge in [0, 0.05) is 24.5 Å². The van der Waals surface area contributed by atoms with Gasteiger partial charge in [0.15, 0.2) is 0 Å². The third-order valence-electron chi connectivity index (χ3n) is 2.72. The van der Waals surface area contributed by atoms with Crippen LogP contribution in [0.4, 0.5) is 0 Å². The molecule has 102 valence electrons. The number of hydrogen-bond acceptors (Lipinski definition) is 2. The van der Waals surface area contributed by atoms with Crippen molar-refractivity contribution in [3.8, 4) is 6.07 Å². The van der Waals surface area contributed by atoms with E-state index in [-0.39, 0.29) is 5.91 Å². The smallest absolute Gasteiger partial charge is 0.253 e. The first-order valence-electron chi connectivity index (χ1n) is 6.39. The molecule has 1 amide bonds. The molecule has 0 fully saturated rings. The molecule has 0 spiro atoms. The van der Waals surface area contributed by atoms with E-state index in [0.29, 0.717) is 36.9 Å². The van der Waals surface area contributed by atoms with Crippen LogP contribution in [0.3, 0.4) is 0 Å². The Morgan fingerprint density at radius 2 is 2.00 bits per heavy atom. The van der Waals surface area contributed by atoms with Crippen molar-refractivity contribution in [3.05, 3.63) is 35.4 Å². The Balaban J connectivity index is 2.81. The molecule has 1 aromatic carbocycles. The minimum absolute atomic E-state index is 0.0231. The number of amides is 1. The number of carbonyl (C=O) groups excluding carboxylic acids is 1. The van der Waals surface area contributed by atoms with Crippen molar-refractivity contribution in [1.82, 2.24) is 4.90 Å². The van der Waals surface area contributed by atoms with E-state index in [4.69, 9.17) is 16.9 Å². The molecule has 0 saturated heterocycles. The predicted molar refractivity (Wildman–Crippen MR) is 77.0 cm³/mol. The lowest BCUT2D eigenvalue weighted by Gasteiger charge is -2.23. The summed E-state index contributed by atoms with van der Waals surface area (Å²) in [5, 5.41) is 8.67. The average molecular weight is 279 g/mol. The average Bonchev–Trinajstić information content (AvgIpc) is 2.42. The number of carbonyl (C=O) groups is 1. The molecule has 0 aliphatic heterocycles. The van der Waals surface area contributed by atoms with Crippen LogP contribution in [-0.2, 0) is 5.88 Å². The van der Waals surface area contributed by atoms with Crippen molar-refractivity contribution < 1.29 is 4.79 Å². The fourth-order valence-corrected chi connectivity index (χ4v) is 2.00. The van der Waals surface area contributed by atoms with E-state index >= 15 is 0 Å². The number of nitriles is 1. The fraction of sp³-hybridized carbons (Fsp3) is 0.467. The molecule has 1 rings (SSSR count). The Bertz CT molecular complexity index is 448. The summed E-state index contributed by atoms with van der Waals surface area (Å²) >= 11 is 5.73. The molecule has 0 radical (unpaired) electrons. The van der Waals surface area contributed by atoms with Crippen molar-refractivity contribution in [2.45, 2.75) is 26.1 Å². The summed E-state index contributed by atoms with van der Waals surface area (Å²) in [6, 6.07) is 9.39. The standard InChI is InChI=1S/C15H19ClN2O/c1-12(2)11-18(9-3-8-17)15(19)14-6-4-13(10-16)5-7-14/h4-7,12H,3,9-11H2,1-2H3. The van der Waals surface area contributed by atoms with Gasteiger partial charge in [-0.3, -0.25) is 4.79 Å². The van der Waals surface area contributed by atoms with Gasteiger partial charge in [-0.05, 0) is 23.6 Å². The first-order chi connectivity index (χ1) is 9.08. The minimum atomic E-state index is -0.0231. The van der Waals surface area contributed by atoms with Gasteiger partial charge in [-0.2, -0.15) is 5.26 Å². The predicted octanol–water partition coefficient (Wildman–Crippen LogP) is 3.44.